The van der Waals surface area contributed by atoms with Crippen molar-refractivity contribution in [1.29, 1.82) is 0 Å². The molecule has 2 heteroatoms. The van der Waals surface area contributed by atoms with Gasteiger partial charge in [0.25, 0.3) is 0 Å². The van der Waals surface area contributed by atoms with Crippen LogP contribution in [0.1, 0.15) is 36.6 Å². The number of nitrogens with zero attached hydrogens (tertiary/aromatic N) is 1. The Morgan fingerprint density at radius 2 is 1.86 bits per heavy atom. The third-order valence-corrected chi connectivity index (χ3v) is 4.15. The van der Waals surface area contributed by atoms with Crippen molar-refractivity contribution < 1.29 is 5.11 Å². The minimum absolute atomic E-state index is 0.0554. The Balaban J connectivity index is 2.11. The monoisotopic (exact) mass is 295 g/mol. The van der Waals surface area contributed by atoms with Crippen LogP contribution >= 0.6 is 0 Å². The van der Waals surface area contributed by atoms with Crippen LogP contribution in [0.3, 0.4) is 0 Å². The molecule has 0 amide bonds. The van der Waals surface area contributed by atoms with Crippen molar-refractivity contribution in [2.24, 2.45) is 0 Å². The fourth-order valence-electron chi connectivity index (χ4n) is 2.73. The molecule has 2 aromatic carbocycles. The molecule has 22 heavy (non-hydrogen) atoms. The van der Waals surface area contributed by atoms with Crippen molar-refractivity contribution in [3.05, 3.63) is 77.9 Å². The number of rotatable bonds is 7. The second-order valence-electron chi connectivity index (χ2n) is 5.61. The largest absolute Gasteiger partial charge is 0.387 e. The molecule has 0 saturated heterocycles. The molecule has 1 N–H and O–H groups in total. The number of aliphatic hydroxyl groups is 1. The predicted molar refractivity (Wildman–Crippen MR) is 93.5 cm³/mol. The van der Waals surface area contributed by atoms with Gasteiger partial charge in [-0.3, -0.25) is 4.90 Å². The zero-order valence-corrected chi connectivity index (χ0v) is 13.4. The summed E-state index contributed by atoms with van der Waals surface area (Å²) in [5.74, 6) is 0. The van der Waals surface area contributed by atoms with Gasteiger partial charge >= 0.3 is 0 Å². The van der Waals surface area contributed by atoms with Gasteiger partial charge in [0.05, 0.1) is 6.10 Å². The summed E-state index contributed by atoms with van der Waals surface area (Å²) in [7, 11) is 0. The molecule has 0 aliphatic rings. The van der Waals surface area contributed by atoms with Gasteiger partial charge in [-0.05, 0) is 30.2 Å². The Kier molecular flexibility index (Phi) is 5.93. The highest BCUT2D eigenvalue weighted by atomic mass is 16.3. The van der Waals surface area contributed by atoms with E-state index in [4.69, 9.17) is 0 Å². The Bertz CT molecular complexity index is 594. The molecule has 0 fully saturated rings. The van der Waals surface area contributed by atoms with E-state index in [9.17, 15) is 5.11 Å². The first-order valence-electron chi connectivity index (χ1n) is 7.84. The first-order valence-corrected chi connectivity index (χ1v) is 7.84. The summed E-state index contributed by atoms with van der Waals surface area (Å²) < 4.78 is 0. The maximum absolute atomic E-state index is 10.6. The minimum Gasteiger partial charge on any atom is -0.387 e. The van der Waals surface area contributed by atoms with E-state index >= 15 is 0 Å². The van der Waals surface area contributed by atoms with E-state index in [1.54, 1.807) is 0 Å². The van der Waals surface area contributed by atoms with E-state index < -0.39 is 6.10 Å². The summed E-state index contributed by atoms with van der Waals surface area (Å²) in [4.78, 5) is 2.29. The molecule has 0 spiro atoms. The number of hydrogen-bond acceptors (Lipinski definition) is 2. The highest BCUT2D eigenvalue weighted by Crippen LogP contribution is 2.22. The maximum Gasteiger partial charge on any atom is 0.0942 e. The van der Waals surface area contributed by atoms with Gasteiger partial charge in [-0.25, -0.2) is 0 Å². The quantitative estimate of drug-likeness (QED) is 0.824. The summed E-state index contributed by atoms with van der Waals surface area (Å²) in [5.41, 5.74) is 3.34. The first kappa shape index (κ1) is 16.5. The van der Waals surface area contributed by atoms with E-state index in [-0.39, 0.29) is 6.04 Å². The highest BCUT2D eigenvalue weighted by Gasteiger charge is 2.22. The maximum atomic E-state index is 10.6. The number of benzene rings is 2. The fourth-order valence-corrected chi connectivity index (χ4v) is 2.73. The van der Waals surface area contributed by atoms with Gasteiger partial charge in [0.15, 0.2) is 0 Å². The molecule has 0 aliphatic heterocycles. The lowest BCUT2D eigenvalue weighted by Gasteiger charge is -2.31. The SMILES string of the molecule is C=Cc1cccc(CN(CC)[C@H](C)[C@@H](O)c2ccccc2)c1. The molecule has 2 nitrogen and oxygen atoms in total. The molecule has 0 radical (unpaired) electrons. The van der Waals surface area contributed by atoms with Gasteiger partial charge in [0.2, 0.25) is 0 Å². The van der Waals surface area contributed by atoms with Crippen LogP contribution < -0.4 is 0 Å². The van der Waals surface area contributed by atoms with E-state index in [2.05, 4.69) is 49.6 Å². The van der Waals surface area contributed by atoms with E-state index in [1.807, 2.05) is 36.4 Å². The summed E-state index contributed by atoms with van der Waals surface area (Å²) in [6.45, 7) is 9.75. The summed E-state index contributed by atoms with van der Waals surface area (Å²) in [6, 6.07) is 18.3. The van der Waals surface area contributed by atoms with Crippen molar-refractivity contribution in [3.63, 3.8) is 0 Å². The summed E-state index contributed by atoms with van der Waals surface area (Å²) in [6.07, 6.45) is 1.38. The average Bonchev–Trinajstić information content (AvgIpc) is 2.59. The van der Waals surface area contributed by atoms with Crippen LogP contribution in [0.4, 0.5) is 0 Å². The molecular formula is C20H25NO. The predicted octanol–water partition coefficient (Wildman–Crippen LogP) is 4.27. The van der Waals surface area contributed by atoms with E-state index in [0.717, 1.165) is 24.2 Å². The van der Waals surface area contributed by atoms with Gasteiger partial charge in [0.1, 0.15) is 0 Å². The number of likely N-dealkylation sites (N-methyl/N-ethyl adjacent to an activating group) is 1. The normalized spacial score (nSPS) is 13.8. The van der Waals surface area contributed by atoms with Crippen LogP contribution in [-0.4, -0.2) is 22.6 Å². The molecule has 0 saturated carbocycles. The first-order chi connectivity index (χ1) is 10.7. The van der Waals surface area contributed by atoms with Crippen molar-refractivity contribution >= 4 is 6.08 Å². The van der Waals surface area contributed by atoms with Crippen molar-refractivity contribution in [3.8, 4) is 0 Å². The minimum atomic E-state index is -0.483. The Hall–Kier alpha value is -1.90. The second kappa shape index (κ2) is 7.92. The van der Waals surface area contributed by atoms with Crippen LogP contribution in [0, 0.1) is 0 Å². The smallest absolute Gasteiger partial charge is 0.0942 e. The van der Waals surface area contributed by atoms with Gasteiger partial charge in [-0.15, -0.1) is 0 Å². The molecule has 2 rings (SSSR count). The zero-order valence-electron chi connectivity index (χ0n) is 13.4. The Morgan fingerprint density at radius 3 is 2.50 bits per heavy atom. The topological polar surface area (TPSA) is 23.5 Å². The molecule has 116 valence electrons. The van der Waals surface area contributed by atoms with Gasteiger partial charge in [-0.1, -0.05) is 74.2 Å². The molecule has 0 aromatic heterocycles. The summed E-state index contributed by atoms with van der Waals surface area (Å²) in [5, 5.41) is 10.6. The van der Waals surface area contributed by atoms with Crippen molar-refractivity contribution in [2.75, 3.05) is 6.54 Å². The standard InChI is InChI=1S/C20H25NO/c1-4-17-10-9-11-18(14-17)15-21(5-2)16(3)20(22)19-12-7-6-8-13-19/h4,6-14,16,20,22H,1,5,15H2,2-3H3/t16-,20-/m1/s1. The molecular weight excluding hydrogens is 270 g/mol. The van der Waals surface area contributed by atoms with E-state index in [1.165, 1.54) is 5.56 Å². The lowest BCUT2D eigenvalue weighted by molar-refractivity contribution is 0.0564. The molecule has 2 atom stereocenters. The fraction of sp³-hybridized carbons (Fsp3) is 0.300. The third kappa shape index (κ3) is 4.06. The third-order valence-electron chi connectivity index (χ3n) is 4.15. The molecule has 0 aliphatic carbocycles. The van der Waals surface area contributed by atoms with E-state index in [0.29, 0.717) is 0 Å². The molecule has 0 bridgehead atoms. The Labute approximate surface area is 133 Å². The van der Waals surface area contributed by atoms with Gasteiger partial charge in [0, 0.05) is 12.6 Å². The second-order valence-corrected chi connectivity index (χ2v) is 5.61. The number of hydrogen-bond donors (Lipinski definition) is 1. The Morgan fingerprint density at radius 1 is 1.14 bits per heavy atom. The van der Waals surface area contributed by atoms with Crippen LogP contribution in [0.15, 0.2) is 61.2 Å². The van der Waals surface area contributed by atoms with Gasteiger partial charge in [-0.2, -0.15) is 0 Å². The van der Waals surface area contributed by atoms with Crippen LogP contribution in [0.2, 0.25) is 0 Å². The van der Waals surface area contributed by atoms with Crippen LogP contribution in [-0.2, 0) is 6.54 Å². The summed E-state index contributed by atoms with van der Waals surface area (Å²) >= 11 is 0. The van der Waals surface area contributed by atoms with Crippen LogP contribution in [0.25, 0.3) is 6.08 Å². The molecule has 0 unspecified atom stereocenters. The zero-order chi connectivity index (χ0) is 15.9. The average molecular weight is 295 g/mol. The van der Waals surface area contributed by atoms with Crippen molar-refractivity contribution in [1.82, 2.24) is 4.90 Å². The van der Waals surface area contributed by atoms with Crippen molar-refractivity contribution in [2.45, 2.75) is 32.5 Å². The molecule has 0 heterocycles. The highest BCUT2D eigenvalue weighted by molar-refractivity contribution is 5.47. The number of aliphatic hydroxyl groups excluding tert-OH is 1. The lowest BCUT2D eigenvalue weighted by atomic mass is 10.0. The molecule has 2 aromatic rings. The lowest BCUT2D eigenvalue weighted by Crippen LogP contribution is -2.37. The van der Waals surface area contributed by atoms with Gasteiger partial charge < -0.3 is 5.11 Å². The van der Waals surface area contributed by atoms with Crippen LogP contribution in [0.5, 0.6) is 0 Å².